The zero-order chi connectivity index (χ0) is 22.1. The normalized spacial score (nSPS) is 14.4. The Kier molecular flexibility index (Phi) is 6.70. The molecule has 0 radical (unpaired) electrons. The Bertz CT molecular complexity index is 1300. The van der Waals surface area contributed by atoms with Crippen molar-refractivity contribution in [3.05, 3.63) is 112 Å². The summed E-state index contributed by atoms with van der Waals surface area (Å²) in [6, 6.07) is 24.0. The number of carbonyl (C=O) groups excluding carboxylic acids is 1. The largest absolute Gasteiger partial charge is 0.324 e. The Labute approximate surface area is 206 Å². The van der Waals surface area contributed by atoms with Crippen LogP contribution >= 0.6 is 35.6 Å². The molecule has 2 N–H and O–H groups in total. The summed E-state index contributed by atoms with van der Waals surface area (Å²) in [6.07, 6.45) is 2.07. The maximum absolute atomic E-state index is 12.6. The topological polar surface area (TPSA) is 71.8 Å². The maximum Gasteiger partial charge on any atom is 0.258 e. The van der Waals surface area contributed by atoms with Crippen molar-refractivity contribution in [2.24, 2.45) is 0 Å². The van der Waals surface area contributed by atoms with Crippen LogP contribution < -0.4 is 10.6 Å². The number of fused-ring (bicyclic) bond motifs is 1. The lowest BCUT2D eigenvalue weighted by molar-refractivity contribution is 0.102. The molecule has 2 heterocycles. The molecule has 9 heteroatoms. The van der Waals surface area contributed by atoms with Gasteiger partial charge in [0.05, 0.1) is 0 Å². The zero-order valence-electron chi connectivity index (χ0n) is 17.1. The molecule has 1 aromatic heterocycles. The van der Waals surface area contributed by atoms with E-state index in [0.717, 1.165) is 16.8 Å². The third-order valence-electron chi connectivity index (χ3n) is 5.09. The van der Waals surface area contributed by atoms with E-state index in [2.05, 4.69) is 26.8 Å². The number of benzene rings is 3. The fourth-order valence-corrected chi connectivity index (χ4v) is 3.76. The lowest BCUT2D eigenvalue weighted by atomic mass is 10.0. The minimum atomic E-state index is -0.316. The van der Waals surface area contributed by atoms with Gasteiger partial charge >= 0.3 is 0 Å². The molecule has 0 bridgehead atoms. The van der Waals surface area contributed by atoms with Gasteiger partial charge < -0.3 is 5.32 Å². The lowest BCUT2D eigenvalue weighted by Gasteiger charge is -2.24. The molecular weight excluding hydrogens is 481 g/mol. The number of nitrogens with zero attached hydrogens (tertiary/aromatic N) is 3. The predicted molar refractivity (Wildman–Crippen MR) is 134 cm³/mol. The van der Waals surface area contributed by atoms with Gasteiger partial charge in [0.15, 0.2) is 0 Å². The number of amides is 1. The van der Waals surface area contributed by atoms with Crippen LogP contribution in [0.2, 0.25) is 10.0 Å². The summed E-state index contributed by atoms with van der Waals surface area (Å²) in [5.74, 6) is 0.413. The Morgan fingerprint density at radius 3 is 2.21 bits per heavy atom. The van der Waals surface area contributed by atoms with Crippen molar-refractivity contribution >= 4 is 59.1 Å². The van der Waals surface area contributed by atoms with Crippen LogP contribution in [-0.4, -0.2) is 20.7 Å². The smallest absolute Gasteiger partial charge is 0.258 e. The van der Waals surface area contributed by atoms with E-state index in [4.69, 9.17) is 23.2 Å². The lowest BCUT2D eigenvalue weighted by Crippen LogP contribution is -2.20. The standard InChI is InChI=1S/C24H17Cl2N5O.ClH/c25-18-10-6-16(7-11-18)21-14-20(15-4-2-1-3-5-15)27-24-29-23(30-31(21)24)28-22(32)17-8-12-19(26)13-9-17;/h1-14,21H,(H2,27,28,29,30,32);1H. The molecular formula is C24H18Cl3N5O. The number of halogens is 3. The van der Waals surface area contributed by atoms with Gasteiger partial charge in [-0.25, -0.2) is 4.68 Å². The van der Waals surface area contributed by atoms with E-state index in [0.29, 0.717) is 21.6 Å². The van der Waals surface area contributed by atoms with Crippen molar-refractivity contribution in [1.82, 2.24) is 14.8 Å². The van der Waals surface area contributed by atoms with Crippen LogP contribution in [0.3, 0.4) is 0 Å². The van der Waals surface area contributed by atoms with Gasteiger partial charge in [0.2, 0.25) is 5.95 Å². The number of carbonyl (C=O) groups is 1. The average molecular weight is 499 g/mol. The summed E-state index contributed by atoms with van der Waals surface area (Å²) < 4.78 is 1.74. The van der Waals surface area contributed by atoms with Crippen molar-refractivity contribution < 1.29 is 4.79 Å². The third-order valence-corrected chi connectivity index (χ3v) is 5.60. The number of allylic oxidation sites excluding steroid dienone is 1. The fourth-order valence-electron chi connectivity index (χ4n) is 3.50. The van der Waals surface area contributed by atoms with Gasteiger partial charge in [0.1, 0.15) is 6.04 Å². The van der Waals surface area contributed by atoms with E-state index >= 15 is 0 Å². The molecule has 0 spiro atoms. The quantitative estimate of drug-likeness (QED) is 0.346. The molecule has 1 atom stereocenters. The van der Waals surface area contributed by atoms with Crippen LogP contribution in [0.15, 0.2) is 84.9 Å². The first-order valence-electron chi connectivity index (χ1n) is 9.90. The maximum atomic E-state index is 12.6. The molecule has 1 amide bonds. The number of hydrogen-bond acceptors (Lipinski definition) is 4. The van der Waals surface area contributed by atoms with Crippen LogP contribution in [0.25, 0.3) is 5.70 Å². The van der Waals surface area contributed by atoms with Crippen LogP contribution in [-0.2, 0) is 0 Å². The van der Waals surface area contributed by atoms with E-state index in [1.807, 2.05) is 54.6 Å². The predicted octanol–water partition coefficient (Wildman–Crippen LogP) is 6.32. The highest BCUT2D eigenvalue weighted by Crippen LogP contribution is 2.33. The number of anilines is 2. The Hall–Kier alpha value is -3.32. The van der Waals surface area contributed by atoms with Crippen LogP contribution in [0.5, 0.6) is 0 Å². The molecule has 0 saturated carbocycles. The van der Waals surface area contributed by atoms with Crippen LogP contribution in [0, 0.1) is 0 Å². The SMILES string of the molecule is Cl.O=C(Nc1nc2n(n1)C(c1ccc(Cl)cc1)C=C(c1ccccc1)N2)c1ccc(Cl)cc1. The van der Waals surface area contributed by atoms with E-state index in [9.17, 15) is 4.79 Å². The van der Waals surface area contributed by atoms with Crippen molar-refractivity contribution in [1.29, 1.82) is 0 Å². The van der Waals surface area contributed by atoms with Crippen LogP contribution in [0.1, 0.15) is 27.5 Å². The first-order chi connectivity index (χ1) is 15.6. The molecule has 5 rings (SSSR count). The molecule has 0 fully saturated rings. The Morgan fingerprint density at radius 1 is 0.909 bits per heavy atom. The van der Waals surface area contributed by atoms with Crippen molar-refractivity contribution in [2.45, 2.75) is 6.04 Å². The minimum absolute atomic E-state index is 0. The van der Waals surface area contributed by atoms with Crippen molar-refractivity contribution in [2.75, 3.05) is 10.6 Å². The molecule has 1 aliphatic rings. The Morgan fingerprint density at radius 2 is 1.55 bits per heavy atom. The number of nitrogens with one attached hydrogen (secondary N) is 2. The molecule has 6 nitrogen and oxygen atoms in total. The monoisotopic (exact) mass is 497 g/mol. The number of aromatic nitrogens is 3. The molecule has 166 valence electrons. The molecule has 1 aliphatic heterocycles. The van der Waals surface area contributed by atoms with Gasteiger partial charge in [-0.3, -0.25) is 10.1 Å². The van der Waals surface area contributed by atoms with Gasteiger partial charge in [-0.2, -0.15) is 4.98 Å². The van der Waals surface area contributed by atoms with Gasteiger partial charge in [-0.1, -0.05) is 65.7 Å². The third kappa shape index (κ3) is 4.88. The van der Waals surface area contributed by atoms with Crippen molar-refractivity contribution in [3.8, 4) is 0 Å². The molecule has 3 aromatic carbocycles. The summed E-state index contributed by atoms with van der Waals surface area (Å²) in [7, 11) is 0. The van der Waals surface area contributed by atoms with Crippen molar-refractivity contribution in [3.63, 3.8) is 0 Å². The van der Waals surface area contributed by atoms with E-state index in [1.54, 1.807) is 28.9 Å². The second-order valence-electron chi connectivity index (χ2n) is 7.23. The first-order valence-corrected chi connectivity index (χ1v) is 10.7. The van der Waals surface area contributed by atoms with Gasteiger partial charge in [0, 0.05) is 21.3 Å². The summed E-state index contributed by atoms with van der Waals surface area (Å²) in [4.78, 5) is 17.1. The van der Waals surface area contributed by atoms with Gasteiger partial charge in [-0.05, 0) is 53.6 Å². The summed E-state index contributed by atoms with van der Waals surface area (Å²) in [5, 5.41) is 11.9. The molecule has 33 heavy (non-hydrogen) atoms. The highest BCUT2D eigenvalue weighted by atomic mass is 35.5. The fraction of sp³-hybridized carbons (Fsp3) is 0.0417. The molecule has 0 saturated heterocycles. The highest BCUT2D eigenvalue weighted by Gasteiger charge is 2.26. The second-order valence-corrected chi connectivity index (χ2v) is 8.11. The number of rotatable bonds is 4. The summed E-state index contributed by atoms with van der Waals surface area (Å²) in [5.41, 5.74) is 3.38. The summed E-state index contributed by atoms with van der Waals surface area (Å²) in [6.45, 7) is 0. The molecule has 0 aliphatic carbocycles. The first kappa shape index (κ1) is 22.9. The minimum Gasteiger partial charge on any atom is -0.324 e. The zero-order valence-corrected chi connectivity index (χ0v) is 19.4. The van der Waals surface area contributed by atoms with E-state index in [-0.39, 0.29) is 30.3 Å². The van der Waals surface area contributed by atoms with E-state index in [1.165, 1.54) is 0 Å². The van der Waals surface area contributed by atoms with Crippen LogP contribution in [0.4, 0.5) is 11.9 Å². The second kappa shape index (κ2) is 9.67. The van der Waals surface area contributed by atoms with Gasteiger partial charge in [-0.15, -0.1) is 17.5 Å². The van der Waals surface area contributed by atoms with Gasteiger partial charge in [0.25, 0.3) is 11.9 Å². The average Bonchev–Trinajstić information content (AvgIpc) is 3.22. The highest BCUT2D eigenvalue weighted by molar-refractivity contribution is 6.30. The molecule has 4 aromatic rings. The summed E-state index contributed by atoms with van der Waals surface area (Å²) >= 11 is 12.0. The molecule has 1 unspecified atom stereocenters. The number of hydrogen-bond donors (Lipinski definition) is 2. The Balaban J connectivity index is 0.00000259. The van der Waals surface area contributed by atoms with E-state index < -0.39 is 0 Å².